The zero-order valence-corrected chi connectivity index (χ0v) is 14.7. The molecule has 6 heteroatoms. The summed E-state index contributed by atoms with van der Waals surface area (Å²) in [5.41, 5.74) is 2.28. The minimum absolute atomic E-state index is 0.120. The van der Waals surface area contributed by atoms with Crippen LogP contribution in [-0.4, -0.2) is 63.4 Å². The molecule has 0 saturated carbocycles. The van der Waals surface area contributed by atoms with E-state index in [9.17, 15) is 4.79 Å². The quantitative estimate of drug-likeness (QED) is 0.872. The van der Waals surface area contributed by atoms with E-state index in [4.69, 9.17) is 5.11 Å². The van der Waals surface area contributed by atoms with Gasteiger partial charge in [-0.3, -0.25) is 14.6 Å². The van der Waals surface area contributed by atoms with Crippen LogP contribution in [0.15, 0.2) is 42.7 Å². The number of likely N-dealkylation sites (tertiary alicyclic amines) is 1. The molecule has 1 aromatic carbocycles. The molecule has 134 valence electrons. The molecule has 1 aliphatic rings. The molecule has 3 rings (SSSR count). The summed E-state index contributed by atoms with van der Waals surface area (Å²) >= 11 is 0. The summed E-state index contributed by atoms with van der Waals surface area (Å²) in [6.45, 7) is 3.05. The van der Waals surface area contributed by atoms with Crippen LogP contribution in [0.5, 0.6) is 0 Å². The normalized spacial score (nSPS) is 19.0. The van der Waals surface area contributed by atoms with E-state index in [0.717, 1.165) is 44.6 Å². The zero-order valence-electron chi connectivity index (χ0n) is 14.7. The van der Waals surface area contributed by atoms with E-state index in [0.29, 0.717) is 6.04 Å². The van der Waals surface area contributed by atoms with E-state index < -0.39 is 5.97 Å². The highest BCUT2D eigenvalue weighted by Crippen LogP contribution is 2.18. The molecule has 1 N–H and O–H groups in total. The summed E-state index contributed by atoms with van der Waals surface area (Å²) in [5, 5.41) is 13.4. The topological polar surface area (TPSA) is 61.6 Å². The van der Waals surface area contributed by atoms with Crippen molar-refractivity contribution in [3.63, 3.8) is 0 Å². The number of aromatic nitrogens is 2. The van der Waals surface area contributed by atoms with Gasteiger partial charge in [-0.25, -0.2) is 4.68 Å². The number of hydrogen-bond acceptors (Lipinski definition) is 4. The largest absolute Gasteiger partial charge is 0.480 e. The van der Waals surface area contributed by atoms with E-state index in [2.05, 4.69) is 16.2 Å². The molecule has 1 unspecified atom stereocenters. The van der Waals surface area contributed by atoms with Crippen molar-refractivity contribution < 1.29 is 9.90 Å². The van der Waals surface area contributed by atoms with Crippen LogP contribution in [0.1, 0.15) is 24.8 Å². The van der Waals surface area contributed by atoms with Crippen molar-refractivity contribution in [2.75, 3.05) is 26.7 Å². The third-order valence-electron chi connectivity index (χ3n) is 4.86. The molecular weight excluding hydrogens is 316 g/mol. The number of aliphatic carboxylic acids is 1. The van der Waals surface area contributed by atoms with Crippen LogP contribution in [-0.2, 0) is 11.3 Å². The van der Waals surface area contributed by atoms with Gasteiger partial charge in [-0.2, -0.15) is 5.10 Å². The third kappa shape index (κ3) is 4.90. The van der Waals surface area contributed by atoms with Crippen molar-refractivity contribution in [2.24, 2.45) is 0 Å². The van der Waals surface area contributed by atoms with Gasteiger partial charge in [0.2, 0.25) is 0 Å². The van der Waals surface area contributed by atoms with Crippen molar-refractivity contribution in [3.8, 4) is 5.69 Å². The van der Waals surface area contributed by atoms with Crippen molar-refractivity contribution in [1.29, 1.82) is 0 Å². The molecule has 2 aromatic rings. The molecule has 1 saturated heterocycles. The molecule has 0 amide bonds. The van der Waals surface area contributed by atoms with E-state index >= 15 is 0 Å². The number of benzene rings is 1. The minimum Gasteiger partial charge on any atom is -0.480 e. The Morgan fingerprint density at radius 3 is 2.84 bits per heavy atom. The number of hydrogen-bond donors (Lipinski definition) is 1. The number of carboxylic acid groups (broad SMARTS) is 1. The Morgan fingerprint density at radius 1 is 1.28 bits per heavy atom. The molecule has 1 fully saturated rings. The van der Waals surface area contributed by atoms with Crippen LogP contribution in [0.3, 0.4) is 0 Å². The summed E-state index contributed by atoms with van der Waals surface area (Å²) in [6.07, 6.45) is 7.20. The first-order chi connectivity index (χ1) is 12.1. The molecule has 0 aliphatic carbocycles. The molecule has 0 bridgehead atoms. The highest BCUT2D eigenvalue weighted by molar-refractivity contribution is 5.69. The molecule has 0 spiro atoms. The number of rotatable bonds is 6. The van der Waals surface area contributed by atoms with Crippen LogP contribution in [0, 0.1) is 0 Å². The average molecular weight is 342 g/mol. The van der Waals surface area contributed by atoms with Crippen LogP contribution in [0.4, 0.5) is 0 Å². The average Bonchev–Trinajstić information content (AvgIpc) is 2.93. The van der Waals surface area contributed by atoms with Crippen molar-refractivity contribution in [3.05, 3.63) is 48.3 Å². The second-order valence-corrected chi connectivity index (χ2v) is 6.80. The molecule has 25 heavy (non-hydrogen) atoms. The number of carboxylic acids is 1. The van der Waals surface area contributed by atoms with Crippen molar-refractivity contribution in [2.45, 2.75) is 31.8 Å². The first-order valence-corrected chi connectivity index (χ1v) is 8.85. The van der Waals surface area contributed by atoms with Crippen LogP contribution >= 0.6 is 0 Å². The highest BCUT2D eigenvalue weighted by Gasteiger charge is 2.21. The number of likely N-dealkylation sites (N-methyl/N-ethyl adjacent to an activating group) is 1. The van der Waals surface area contributed by atoms with E-state index in [1.807, 2.05) is 53.2 Å². The standard InChI is InChI=1S/C19H26N4O2/c1-21(15-19(24)25)17-8-5-10-22(11-9-17)13-16-12-20-23(14-16)18-6-3-2-4-7-18/h2-4,6-7,12,14,17H,5,8-11,13,15H2,1H3,(H,24,25). The minimum atomic E-state index is -0.753. The van der Waals surface area contributed by atoms with Gasteiger partial charge in [0.25, 0.3) is 0 Å². The lowest BCUT2D eigenvalue weighted by Gasteiger charge is -2.25. The summed E-state index contributed by atoms with van der Waals surface area (Å²) in [5.74, 6) is -0.753. The van der Waals surface area contributed by atoms with Gasteiger partial charge >= 0.3 is 5.97 Å². The van der Waals surface area contributed by atoms with Crippen molar-refractivity contribution in [1.82, 2.24) is 19.6 Å². The Kier molecular flexibility index (Phi) is 5.83. The van der Waals surface area contributed by atoms with Crippen molar-refractivity contribution >= 4 is 5.97 Å². The zero-order chi connectivity index (χ0) is 17.6. The van der Waals surface area contributed by atoms with E-state index in [1.54, 1.807) is 0 Å². The first-order valence-electron chi connectivity index (χ1n) is 8.85. The van der Waals surface area contributed by atoms with Crippen LogP contribution in [0.2, 0.25) is 0 Å². The number of para-hydroxylation sites is 1. The molecule has 2 heterocycles. The molecular formula is C19H26N4O2. The van der Waals surface area contributed by atoms with Gasteiger partial charge in [-0.05, 0) is 51.5 Å². The Balaban J connectivity index is 1.55. The maximum absolute atomic E-state index is 10.9. The fraction of sp³-hybridized carbons (Fsp3) is 0.474. The Bertz CT molecular complexity index is 686. The first kappa shape index (κ1) is 17.6. The second kappa shape index (κ2) is 8.27. The lowest BCUT2D eigenvalue weighted by Crippen LogP contribution is -2.36. The van der Waals surface area contributed by atoms with Gasteiger partial charge in [0.05, 0.1) is 18.4 Å². The fourth-order valence-corrected chi connectivity index (χ4v) is 3.50. The predicted octanol–water partition coefficient (Wildman–Crippen LogP) is 2.24. The molecule has 1 aliphatic heterocycles. The molecule has 0 radical (unpaired) electrons. The maximum atomic E-state index is 10.9. The van der Waals surface area contributed by atoms with Gasteiger partial charge in [-0.15, -0.1) is 0 Å². The lowest BCUT2D eigenvalue weighted by molar-refractivity contribution is -0.138. The second-order valence-electron chi connectivity index (χ2n) is 6.80. The number of carbonyl (C=O) groups is 1. The fourth-order valence-electron chi connectivity index (χ4n) is 3.50. The third-order valence-corrected chi connectivity index (χ3v) is 4.86. The van der Waals surface area contributed by atoms with Gasteiger partial charge in [0.1, 0.15) is 0 Å². The summed E-state index contributed by atoms with van der Waals surface area (Å²) < 4.78 is 1.91. The van der Waals surface area contributed by atoms with Gasteiger partial charge in [0, 0.05) is 24.3 Å². The molecule has 1 atom stereocenters. The monoisotopic (exact) mass is 342 g/mol. The van der Waals surface area contributed by atoms with E-state index in [1.165, 1.54) is 5.56 Å². The smallest absolute Gasteiger partial charge is 0.317 e. The van der Waals surface area contributed by atoms with Crippen LogP contribution < -0.4 is 0 Å². The summed E-state index contributed by atoms with van der Waals surface area (Å²) in [4.78, 5) is 15.3. The van der Waals surface area contributed by atoms with Gasteiger partial charge < -0.3 is 5.11 Å². The highest BCUT2D eigenvalue weighted by atomic mass is 16.4. The predicted molar refractivity (Wildman–Crippen MR) is 96.7 cm³/mol. The summed E-state index contributed by atoms with van der Waals surface area (Å²) in [7, 11) is 1.92. The maximum Gasteiger partial charge on any atom is 0.317 e. The Labute approximate surface area is 148 Å². The molecule has 6 nitrogen and oxygen atoms in total. The van der Waals surface area contributed by atoms with Crippen LogP contribution in [0.25, 0.3) is 5.69 Å². The van der Waals surface area contributed by atoms with E-state index in [-0.39, 0.29) is 6.54 Å². The van der Waals surface area contributed by atoms with Gasteiger partial charge in [-0.1, -0.05) is 18.2 Å². The Hall–Kier alpha value is -2.18. The molecule has 1 aromatic heterocycles. The summed E-state index contributed by atoms with van der Waals surface area (Å²) in [6, 6.07) is 10.5. The SMILES string of the molecule is CN(CC(=O)O)C1CCCN(Cc2cnn(-c3ccccc3)c2)CC1. The van der Waals surface area contributed by atoms with Gasteiger partial charge in [0.15, 0.2) is 0 Å². The lowest BCUT2D eigenvalue weighted by atomic mass is 10.1. The number of nitrogens with zero attached hydrogens (tertiary/aromatic N) is 4. The Morgan fingerprint density at radius 2 is 2.08 bits per heavy atom.